The fourth-order valence-corrected chi connectivity index (χ4v) is 1.19. The number of hydrogen-bond acceptors (Lipinski definition) is 2. The van der Waals surface area contributed by atoms with E-state index in [4.69, 9.17) is 10.3 Å². The van der Waals surface area contributed by atoms with Crippen LogP contribution in [0.3, 0.4) is 0 Å². The van der Waals surface area contributed by atoms with Crippen LogP contribution < -0.4 is 0 Å². The standard InChI is InChI=1S/C12H14N2O2/c1-9(2)11(14-13)12(15)16-8-10-6-4-3-5-7-10/h3-7,9H,8H2,1-2H3. The van der Waals surface area contributed by atoms with Crippen LogP contribution >= 0.6 is 0 Å². The molecule has 0 spiro atoms. The maximum absolute atomic E-state index is 11.5. The lowest BCUT2D eigenvalue weighted by Crippen LogP contribution is -2.23. The molecule has 0 atom stereocenters. The molecule has 0 N–H and O–H groups in total. The number of nitrogens with zero attached hydrogens (tertiary/aromatic N) is 2. The van der Waals surface area contributed by atoms with Crippen LogP contribution in [0.5, 0.6) is 0 Å². The van der Waals surface area contributed by atoms with Crippen LogP contribution in [0.2, 0.25) is 0 Å². The fraction of sp³-hybridized carbons (Fsp3) is 0.333. The monoisotopic (exact) mass is 218 g/mol. The summed E-state index contributed by atoms with van der Waals surface area (Å²) in [4.78, 5) is 14.4. The summed E-state index contributed by atoms with van der Waals surface area (Å²) in [5.74, 6) is -0.741. The zero-order valence-corrected chi connectivity index (χ0v) is 9.38. The summed E-state index contributed by atoms with van der Waals surface area (Å²) in [5, 5.41) is 0. The maximum atomic E-state index is 11.5. The molecule has 0 unspecified atom stereocenters. The molecule has 1 aromatic carbocycles. The third kappa shape index (κ3) is 3.33. The summed E-state index contributed by atoms with van der Waals surface area (Å²) in [6.45, 7) is 3.71. The summed E-state index contributed by atoms with van der Waals surface area (Å²) in [5.41, 5.74) is 9.59. The first-order valence-corrected chi connectivity index (χ1v) is 5.08. The minimum absolute atomic E-state index is 0.0379. The van der Waals surface area contributed by atoms with Gasteiger partial charge in [0, 0.05) is 0 Å². The van der Waals surface area contributed by atoms with E-state index in [1.165, 1.54) is 0 Å². The van der Waals surface area contributed by atoms with E-state index in [1.807, 2.05) is 30.3 Å². The molecule has 0 aromatic heterocycles. The van der Waals surface area contributed by atoms with E-state index in [9.17, 15) is 4.79 Å². The van der Waals surface area contributed by atoms with Gasteiger partial charge in [0.2, 0.25) is 0 Å². The normalized spacial score (nSPS) is 9.69. The first kappa shape index (κ1) is 12.1. The van der Waals surface area contributed by atoms with Crippen LogP contribution in [0.15, 0.2) is 30.3 Å². The van der Waals surface area contributed by atoms with E-state index < -0.39 is 5.97 Å². The summed E-state index contributed by atoms with van der Waals surface area (Å²) in [6, 6.07) is 9.34. The quantitative estimate of drug-likeness (QED) is 0.336. The molecule has 0 bridgehead atoms. The molecule has 4 heteroatoms. The minimum Gasteiger partial charge on any atom is -0.452 e. The van der Waals surface area contributed by atoms with Gasteiger partial charge in [0.1, 0.15) is 6.61 Å². The molecule has 1 aromatic rings. The average Bonchev–Trinajstić information content (AvgIpc) is 2.28. The Bertz CT molecular complexity index is 406. The van der Waals surface area contributed by atoms with Crippen LogP contribution in [-0.2, 0) is 16.1 Å². The second kappa shape index (κ2) is 5.83. The van der Waals surface area contributed by atoms with Crippen LogP contribution in [0, 0.1) is 5.92 Å². The van der Waals surface area contributed by atoms with E-state index in [0.717, 1.165) is 5.56 Å². The van der Waals surface area contributed by atoms with Gasteiger partial charge in [-0.15, -0.1) is 0 Å². The van der Waals surface area contributed by atoms with Crippen molar-refractivity contribution in [3.05, 3.63) is 41.4 Å². The summed E-state index contributed by atoms with van der Waals surface area (Å²) >= 11 is 0. The Balaban J connectivity index is 2.57. The number of esters is 1. The Morgan fingerprint density at radius 3 is 2.50 bits per heavy atom. The summed E-state index contributed by atoms with van der Waals surface area (Å²) in [6.07, 6.45) is 0. The van der Waals surface area contributed by atoms with E-state index in [0.29, 0.717) is 0 Å². The molecule has 0 heterocycles. The van der Waals surface area contributed by atoms with Gasteiger partial charge in [-0.3, -0.25) is 0 Å². The molecule has 0 amide bonds. The molecule has 4 nitrogen and oxygen atoms in total. The number of carbonyl (C=O) groups is 1. The highest BCUT2D eigenvalue weighted by molar-refractivity contribution is 6.34. The highest BCUT2D eigenvalue weighted by atomic mass is 16.5. The maximum Gasteiger partial charge on any atom is 0.417 e. The van der Waals surface area contributed by atoms with Gasteiger partial charge in [0.05, 0.1) is 5.92 Å². The Kier molecular flexibility index (Phi) is 4.42. The van der Waals surface area contributed by atoms with Gasteiger partial charge in [-0.05, 0) is 5.56 Å². The Morgan fingerprint density at radius 2 is 2.00 bits per heavy atom. The van der Waals surface area contributed by atoms with E-state index >= 15 is 0 Å². The zero-order valence-electron chi connectivity index (χ0n) is 9.38. The van der Waals surface area contributed by atoms with Gasteiger partial charge in [0.25, 0.3) is 0 Å². The molecule has 0 saturated carbocycles. The molecule has 0 fully saturated rings. The zero-order chi connectivity index (χ0) is 12.0. The molecular formula is C12H14N2O2. The van der Waals surface area contributed by atoms with Crippen molar-refractivity contribution in [2.24, 2.45) is 5.92 Å². The Labute approximate surface area is 94.5 Å². The van der Waals surface area contributed by atoms with Crippen molar-refractivity contribution in [1.29, 1.82) is 0 Å². The minimum atomic E-state index is -0.582. The van der Waals surface area contributed by atoms with Crippen molar-refractivity contribution in [2.75, 3.05) is 0 Å². The third-order valence-electron chi connectivity index (χ3n) is 2.08. The largest absolute Gasteiger partial charge is 0.452 e. The van der Waals surface area contributed by atoms with Crippen molar-refractivity contribution in [1.82, 2.24) is 0 Å². The second-order valence-corrected chi connectivity index (χ2v) is 3.70. The van der Waals surface area contributed by atoms with E-state index in [2.05, 4.69) is 4.79 Å². The summed E-state index contributed by atoms with van der Waals surface area (Å²) in [7, 11) is 0. The number of carbonyl (C=O) groups excluding carboxylic acids is 1. The van der Waals surface area contributed by atoms with Gasteiger partial charge in [-0.2, -0.15) is 4.79 Å². The Hall–Kier alpha value is -1.93. The predicted octanol–water partition coefficient (Wildman–Crippen LogP) is 2.06. The fourth-order valence-electron chi connectivity index (χ4n) is 1.19. The van der Waals surface area contributed by atoms with Crippen LogP contribution in [0.25, 0.3) is 5.53 Å². The van der Waals surface area contributed by atoms with Crippen LogP contribution in [0.1, 0.15) is 19.4 Å². The van der Waals surface area contributed by atoms with Gasteiger partial charge >= 0.3 is 11.7 Å². The van der Waals surface area contributed by atoms with Crippen LogP contribution in [-0.4, -0.2) is 16.5 Å². The smallest absolute Gasteiger partial charge is 0.417 e. The molecule has 0 aliphatic carbocycles. The molecule has 0 aliphatic rings. The van der Waals surface area contributed by atoms with Gasteiger partial charge in [-0.25, -0.2) is 4.79 Å². The molecule has 84 valence electrons. The topological polar surface area (TPSA) is 62.7 Å². The Morgan fingerprint density at radius 1 is 1.38 bits per heavy atom. The van der Waals surface area contributed by atoms with Crippen molar-refractivity contribution in [2.45, 2.75) is 20.5 Å². The first-order chi connectivity index (χ1) is 7.65. The lowest BCUT2D eigenvalue weighted by Gasteiger charge is -2.03. The van der Waals surface area contributed by atoms with Crippen molar-refractivity contribution >= 4 is 11.7 Å². The number of ether oxygens (including phenoxy) is 1. The lowest BCUT2D eigenvalue weighted by atomic mass is 10.1. The van der Waals surface area contributed by atoms with Crippen molar-refractivity contribution < 1.29 is 14.3 Å². The number of hydrogen-bond donors (Lipinski definition) is 0. The average molecular weight is 218 g/mol. The molecule has 0 radical (unpaired) electrons. The van der Waals surface area contributed by atoms with E-state index in [-0.39, 0.29) is 18.2 Å². The summed E-state index contributed by atoms with van der Waals surface area (Å²) < 4.78 is 5.01. The first-order valence-electron chi connectivity index (χ1n) is 5.08. The molecule has 0 aliphatic heterocycles. The third-order valence-corrected chi connectivity index (χ3v) is 2.08. The van der Waals surface area contributed by atoms with Gasteiger partial charge in [0.15, 0.2) is 0 Å². The predicted molar refractivity (Wildman–Crippen MR) is 59.7 cm³/mol. The van der Waals surface area contributed by atoms with Crippen LogP contribution in [0.4, 0.5) is 0 Å². The molecule has 16 heavy (non-hydrogen) atoms. The highest BCUT2D eigenvalue weighted by Crippen LogP contribution is 2.03. The highest BCUT2D eigenvalue weighted by Gasteiger charge is 2.25. The number of rotatable bonds is 4. The van der Waals surface area contributed by atoms with E-state index in [1.54, 1.807) is 13.8 Å². The lowest BCUT2D eigenvalue weighted by molar-refractivity contribution is -0.142. The molecule has 1 rings (SSSR count). The molecule has 0 saturated heterocycles. The number of benzene rings is 1. The van der Waals surface area contributed by atoms with Gasteiger partial charge in [-0.1, -0.05) is 44.2 Å². The van der Waals surface area contributed by atoms with Gasteiger partial charge < -0.3 is 10.3 Å². The van der Waals surface area contributed by atoms with Crippen molar-refractivity contribution in [3.8, 4) is 0 Å². The molecular weight excluding hydrogens is 204 g/mol. The second-order valence-electron chi connectivity index (χ2n) is 3.70. The SMILES string of the molecule is CC(C)C(=[N+]=[N-])C(=O)OCc1ccccc1. The van der Waals surface area contributed by atoms with Crippen molar-refractivity contribution in [3.63, 3.8) is 0 Å².